The van der Waals surface area contributed by atoms with Crippen molar-refractivity contribution in [2.24, 2.45) is 0 Å². The molecule has 2 aliphatic rings. The van der Waals surface area contributed by atoms with Crippen molar-refractivity contribution < 1.29 is 94.5 Å². The number of Topliss-reactive ketones (excluding diaryl/α,β-unsaturated/α-hetero) is 2. The molecule has 6 atom stereocenters. The molecule has 2 fully saturated rings. The Balaban J connectivity index is 0.000000877. The van der Waals surface area contributed by atoms with Gasteiger partial charge in [-0.3, -0.25) is 66.9 Å². The molecule has 2 saturated heterocycles. The zero-order valence-corrected chi connectivity index (χ0v) is 70.3. The molecule has 8 N–H and O–H groups in total. The molecule has 0 spiro atoms. The van der Waals surface area contributed by atoms with E-state index in [0.717, 1.165) is 6.42 Å². The summed E-state index contributed by atoms with van der Waals surface area (Å²) in [5.41, 5.74) is 2.87. The fourth-order valence-electron chi connectivity index (χ4n) is 12.4. The summed E-state index contributed by atoms with van der Waals surface area (Å²) in [6.07, 6.45) is 12.3. The van der Waals surface area contributed by atoms with Gasteiger partial charge >= 0.3 is 23.3 Å². The van der Waals surface area contributed by atoms with Gasteiger partial charge in [-0.25, -0.2) is 38.3 Å². The Hall–Kier alpha value is -9.66. The third kappa shape index (κ3) is 30.8. The summed E-state index contributed by atoms with van der Waals surface area (Å²) in [5, 5.41) is 37.0. The monoisotopic (exact) mass is 1740 g/mol. The second-order valence-electron chi connectivity index (χ2n) is 28.4. The second-order valence-corrected chi connectivity index (χ2v) is 33.6. The maximum absolute atomic E-state index is 13.8. The lowest BCUT2D eigenvalue weighted by atomic mass is 10.0. The molecule has 6 aromatic heterocycles. The number of carbonyl (C=O) groups is 8. The summed E-state index contributed by atoms with van der Waals surface area (Å²) in [7, 11) is 0. The van der Waals surface area contributed by atoms with Gasteiger partial charge in [-0.05, 0) is 159 Å². The molecule has 650 valence electrons. The number of carboxylic acids is 2. The van der Waals surface area contributed by atoms with Gasteiger partial charge in [0.05, 0.1) is 88.4 Å². The van der Waals surface area contributed by atoms with Crippen LogP contribution in [0.25, 0.3) is 33.7 Å². The number of imidazole rings is 2. The highest BCUT2D eigenvalue weighted by molar-refractivity contribution is 8.01. The van der Waals surface area contributed by atoms with E-state index in [-0.39, 0.29) is 122 Å². The molecule has 0 radical (unpaired) electrons. The van der Waals surface area contributed by atoms with E-state index < -0.39 is 80.3 Å². The summed E-state index contributed by atoms with van der Waals surface area (Å²) in [4.78, 5) is 145. The molecule has 36 nitrogen and oxygen atoms in total. The number of ether oxygens (including phenoxy) is 6. The van der Waals surface area contributed by atoms with Gasteiger partial charge in [0.2, 0.25) is 23.6 Å². The number of hydrogen-bond donors (Lipinski definition) is 8. The van der Waals surface area contributed by atoms with Crippen LogP contribution in [0.4, 0.5) is 0 Å². The topological polar surface area (TPSA) is 490 Å². The smallest absolute Gasteiger partial charge is 0.335 e. The van der Waals surface area contributed by atoms with Gasteiger partial charge < -0.3 is 69.0 Å². The molecule has 10 rings (SSSR count). The van der Waals surface area contributed by atoms with Crippen LogP contribution in [0.3, 0.4) is 0 Å². The van der Waals surface area contributed by atoms with Gasteiger partial charge in [-0.15, -0.1) is 23.5 Å². The molecule has 40 heteroatoms. The fourth-order valence-corrected chi connectivity index (χ4v) is 15.1. The van der Waals surface area contributed by atoms with Crippen molar-refractivity contribution in [1.29, 1.82) is 0 Å². The molecule has 4 amide bonds. The van der Waals surface area contributed by atoms with Gasteiger partial charge in [0.15, 0.2) is 17.1 Å². The third-order valence-electron chi connectivity index (χ3n) is 18.8. The van der Waals surface area contributed by atoms with E-state index in [1.165, 1.54) is 55.2 Å². The van der Waals surface area contributed by atoms with Gasteiger partial charge in [-0.1, -0.05) is 24.3 Å². The Labute approximate surface area is 706 Å². The average molecular weight is 1740 g/mol. The van der Waals surface area contributed by atoms with Crippen molar-refractivity contribution in [3.05, 3.63) is 166 Å². The first kappa shape index (κ1) is 95.8. The van der Waals surface area contributed by atoms with Crippen LogP contribution < -0.4 is 43.3 Å². The highest BCUT2D eigenvalue weighted by Crippen LogP contribution is 2.34. The Kier molecular flexibility index (Phi) is 39.9. The predicted octanol–water partition coefficient (Wildman–Crippen LogP) is 3.72. The number of aliphatic carboxylic acids is 2. The van der Waals surface area contributed by atoms with Crippen LogP contribution in [0.2, 0.25) is 0 Å². The van der Waals surface area contributed by atoms with Gasteiger partial charge in [-0.2, -0.15) is 0 Å². The number of aromatic nitrogens is 8. The average Bonchev–Trinajstić information content (AvgIpc) is 1.62. The minimum atomic E-state index is -2.14. The van der Waals surface area contributed by atoms with Crippen molar-refractivity contribution in [2.75, 3.05) is 104 Å². The SMILES string of the molecule is CC1(C)SCN[C@@H]1C(=O)N[C@@H](Cc1ccc(-n2c(=O)n(CC(=O)CCCOCCOCCC(=O)CCCCOCCOCCCNC(=O)CCOCCOCCNC(=O)Cn3c(=O)n(-c4ccc(C[C@H](NC(=O)[C@H]5NCSC5(C)C)C(=O)O)cc4)c4ncccc43)c3cccnc32)cc1)C(=O)O.O=S([O-])c1cccnc1.O=S([O-])c1cccnc1. The van der Waals surface area contributed by atoms with E-state index in [2.05, 4.69) is 51.8 Å². The maximum atomic E-state index is 13.8. The van der Waals surface area contributed by atoms with E-state index >= 15 is 0 Å². The quantitative estimate of drug-likeness (QED) is 0.0199. The number of carboxylic acid groups (broad SMARTS) is 2. The first-order chi connectivity index (χ1) is 57.7. The number of rotatable bonds is 49. The maximum Gasteiger partial charge on any atom is 0.335 e. The Morgan fingerprint density at radius 3 is 1.34 bits per heavy atom. The largest absolute Gasteiger partial charge is 0.768 e. The standard InChI is InChI=1S/C70H94N12O18S2.2C5H5NO2S/c1-69(2)59(75-45-101-69)63(87)77-53(65(89)90)41-47-15-19-49(20-16-47)81-61-55(13-7-25-73-61)79(67(81)93)43-52(84)12-9-30-96-37-38-98-32-23-51(83)11-5-6-29-95-35-36-97-31-10-27-71-57(85)24-33-99-39-40-100-34-28-72-58(86)44-80-56-14-8-26-74-62(56)82(68(80)94)50-21-17-48(18-22-50)42-54(66(91)92)78-64(88)60-70(3,4)102-46-76-60;2*7-9(8)5-2-1-3-6-4-5/h7-8,13-22,25-26,53-54,59-60,75-76H,5-6,9-12,23-24,27-46H2,1-4H3,(H,71,85)(H,72,86)(H,77,87)(H,78,88)(H,89,90)(H,91,92);2*1-4H,(H,7,8)/p-2/t53-,54-,59+,60+;;/m0../s1. The Morgan fingerprint density at radius 1 is 0.492 bits per heavy atom. The van der Waals surface area contributed by atoms with Crippen molar-refractivity contribution >= 4 is 115 Å². The van der Waals surface area contributed by atoms with Gasteiger partial charge in [0.25, 0.3) is 0 Å². The highest BCUT2D eigenvalue weighted by Gasteiger charge is 2.43. The number of ketones is 2. The van der Waals surface area contributed by atoms with Gasteiger partial charge in [0, 0.05) is 140 Å². The van der Waals surface area contributed by atoms with Crippen LogP contribution in [0.1, 0.15) is 90.2 Å². The van der Waals surface area contributed by atoms with Crippen LogP contribution in [-0.4, -0.2) is 251 Å². The molecule has 0 saturated carbocycles. The molecule has 0 aliphatic carbocycles. The minimum Gasteiger partial charge on any atom is -0.768 e. The Morgan fingerprint density at radius 2 is 0.908 bits per heavy atom. The van der Waals surface area contributed by atoms with Crippen LogP contribution >= 0.6 is 23.5 Å². The van der Waals surface area contributed by atoms with E-state index in [9.17, 15) is 75.7 Å². The number of amides is 4. The fraction of sp³-hybridized carbons (Fsp3) is 0.475. The molecular formula is C80H102N14O22S4-2. The molecule has 2 aromatic carbocycles. The number of unbranched alkanes of at least 4 members (excludes halogenated alkanes) is 1. The van der Waals surface area contributed by atoms with Crippen molar-refractivity contribution in [2.45, 2.75) is 148 Å². The Bertz CT molecular complexity index is 4530. The van der Waals surface area contributed by atoms with E-state index in [0.29, 0.717) is 141 Å². The van der Waals surface area contributed by atoms with Crippen molar-refractivity contribution in [3.63, 3.8) is 0 Å². The first-order valence-electron chi connectivity index (χ1n) is 38.9. The molecule has 8 heterocycles. The second kappa shape index (κ2) is 49.9. The van der Waals surface area contributed by atoms with Crippen molar-refractivity contribution in [1.82, 2.24) is 70.1 Å². The van der Waals surface area contributed by atoms with E-state index in [1.54, 1.807) is 121 Å². The van der Waals surface area contributed by atoms with Crippen LogP contribution in [0, 0.1) is 0 Å². The number of benzene rings is 2. The first-order valence-corrected chi connectivity index (χ1v) is 43.0. The van der Waals surface area contributed by atoms with Crippen molar-refractivity contribution in [3.8, 4) is 11.4 Å². The normalized spacial score (nSPS) is 15.6. The summed E-state index contributed by atoms with van der Waals surface area (Å²) in [5.74, 6) is -2.56. The predicted molar refractivity (Wildman–Crippen MR) is 445 cm³/mol. The molecular weight excluding hydrogens is 1640 g/mol. The molecule has 2 unspecified atom stereocenters. The summed E-state index contributed by atoms with van der Waals surface area (Å²) < 4.78 is 78.9. The summed E-state index contributed by atoms with van der Waals surface area (Å²) >= 11 is -1.11. The number of nitrogens with one attached hydrogen (secondary N) is 6. The zero-order valence-electron chi connectivity index (χ0n) is 67.1. The number of fused-ring (bicyclic) bond motifs is 2. The summed E-state index contributed by atoms with van der Waals surface area (Å²) in [6.45, 7) is 11.7. The lowest BCUT2D eigenvalue weighted by Gasteiger charge is -2.26. The molecule has 2 aliphatic heterocycles. The van der Waals surface area contributed by atoms with Crippen LogP contribution in [-0.2, 0) is 115 Å². The number of carbonyl (C=O) groups excluding carboxylic acids is 6. The summed E-state index contributed by atoms with van der Waals surface area (Å²) in [6, 6.07) is 22.9. The molecule has 0 bridgehead atoms. The zero-order chi connectivity index (χ0) is 86.4. The molecule has 8 aromatic rings. The third-order valence-corrected chi connectivity index (χ3v) is 22.6. The number of hydrogen-bond acceptors (Lipinski definition) is 28. The van der Waals surface area contributed by atoms with E-state index in [1.807, 2.05) is 27.7 Å². The lowest BCUT2D eigenvalue weighted by molar-refractivity contribution is -0.142. The highest BCUT2D eigenvalue weighted by atomic mass is 32.2. The number of nitrogens with zero attached hydrogens (tertiary/aromatic N) is 8. The molecule has 120 heavy (non-hydrogen) atoms. The number of thioether (sulfide) groups is 2. The minimum absolute atomic E-state index is 0.0199. The lowest BCUT2D eigenvalue weighted by Crippen LogP contribution is -2.54. The van der Waals surface area contributed by atoms with E-state index in [4.69, 9.17) is 28.4 Å². The van der Waals surface area contributed by atoms with Crippen LogP contribution in [0.15, 0.2) is 154 Å². The number of pyridine rings is 4. The van der Waals surface area contributed by atoms with Crippen LogP contribution in [0.5, 0.6) is 0 Å². The van der Waals surface area contributed by atoms with Gasteiger partial charge in [0.1, 0.15) is 36.5 Å².